The largest absolute Gasteiger partial charge is 0.356 e. The zero-order chi connectivity index (χ0) is 12.7. The molecule has 0 aromatic carbocycles. The zero-order valence-electron chi connectivity index (χ0n) is 9.99. The Morgan fingerprint density at radius 1 is 1.71 bits per heavy atom. The van der Waals surface area contributed by atoms with E-state index in [-0.39, 0.29) is 11.8 Å². The van der Waals surface area contributed by atoms with E-state index >= 15 is 0 Å². The lowest BCUT2D eigenvalue weighted by Crippen LogP contribution is -2.31. The topological polar surface area (TPSA) is 57.8 Å². The lowest BCUT2D eigenvalue weighted by atomic mass is 10.2. The maximum absolute atomic E-state index is 11.7. The van der Waals surface area contributed by atoms with Crippen molar-refractivity contribution in [3.8, 4) is 0 Å². The molecule has 1 aromatic heterocycles. The molecule has 0 bridgehead atoms. The minimum absolute atomic E-state index is 0.00525. The van der Waals surface area contributed by atoms with Crippen LogP contribution in [0.15, 0.2) is 4.34 Å². The molecule has 1 rings (SSSR count). The molecule has 0 spiro atoms. The lowest BCUT2D eigenvalue weighted by molar-refractivity contribution is -0.123. The highest BCUT2D eigenvalue weighted by molar-refractivity contribution is 8.01. The third kappa shape index (κ3) is 5.65. The maximum Gasteiger partial charge on any atom is 0.223 e. The number of hydrogen-bond acceptors (Lipinski definition) is 5. The second-order valence-electron chi connectivity index (χ2n) is 3.74. The molecule has 0 fully saturated rings. The molecule has 1 atom stereocenters. The van der Waals surface area contributed by atoms with Gasteiger partial charge in [-0.15, -0.1) is 0 Å². The molecule has 0 saturated carbocycles. The summed E-state index contributed by atoms with van der Waals surface area (Å²) in [5.74, 6) is 0.841. The van der Waals surface area contributed by atoms with Gasteiger partial charge in [-0.05, 0) is 18.6 Å². The second kappa shape index (κ2) is 7.84. The fraction of sp³-hybridized carbons (Fsp3) is 0.700. The SMILES string of the molecule is CCCCNC(=O)C(C)CSc1n[nH]c(=S)s1. The highest BCUT2D eigenvalue weighted by Gasteiger charge is 2.13. The molecule has 0 aliphatic carbocycles. The molecule has 1 amide bonds. The van der Waals surface area contributed by atoms with E-state index in [1.165, 1.54) is 11.3 Å². The van der Waals surface area contributed by atoms with Gasteiger partial charge < -0.3 is 5.32 Å². The molecule has 0 aliphatic heterocycles. The van der Waals surface area contributed by atoms with Crippen LogP contribution in [0.25, 0.3) is 0 Å². The molecule has 0 radical (unpaired) electrons. The number of amides is 1. The summed E-state index contributed by atoms with van der Waals surface area (Å²) in [5, 5.41) is 9.70. The first-order valence-electron chi connectivity index (χ1n) is 5.59. The van der Waals surface area contributed by atoms with Crippen molar-refractivity contribution in [2.24, 2.45) is 5.92 Å². The molecule has 4 nitrogen and oxygen atoms in total. The molecular formula is C10H17N3OS3. The van der Waals surface area contributed by atoms with Crippen LogP contribution in [-0.2, 0) is 4.79 Å². The van der Waals surface area contributed by atoms with E-state index in [1.54, 1.807) is 11.8 Å². The van der Waals surface area contributed by atoms with Gasteiger partial charge in [-0.1, -0.05) is 43.4 Å². The number of thioether (sulfide) groups is 1. The number of nitrogens with zero attached hydrogens (tertiary/aromatic N) is 1. The molecule has 1 aromatic rings. The van der Waals surface area contributed by atoms with E-state index in [9.17, 15) is 4.79 Å². The highest BCUT2D eigenvalue weighted by Crippen LogP contribution is 2.22. The average molecular weight is 291 g/mol. The average Bonchev–Trinajstić information content (AvgIpc) is 2.72. The number of rotatable bonds is 7. The van der Waals surface area contributed by atoms with Crippen LogP contribution in [0.3, 0.4) is 0 Å². The fourth-order valence-electron chi connectivity index (χ4n) is 1.11. The van der Waals surface area contributed by atoms with E-state index in [0.29, 0.717) is 3.95 Å². The van der Waals surface area contributed by atoms with Gasteiger partial charge in [-0.3, -0.25) is 9.89 Å². The van der Waals surface area contributed by atoms with Gasteiger partial charge in [-0.25, -0.2) is 0 Å². The van der Waals surface area contributed by atoms with Crippen LogP contribution in [0, 0.1) is 9.87 Å². The quantitative estimate of drug-likeness (QED) is 0.461. The number of aromatic amines is 1. The van der Waals surface area contributed by atoms with Crippen LogP contribution < -0.4 is 5.32 Å². The van der Waals surface area contributed by atoms with Gasteiger partial charge in [0.15, 0.2) is 8.29 Å². The van der Waals surface area contributed by atoms with Crippen LogP contribution in [0.2, 0.25) is 0 Å². The minimum atomic E-state index is -0.00525. The van der Waals surface area contributed by atoms with E-state index < -0.39 is 0 Å². The van der Waals surface area contributed by atoms with Gasteiger partial charge in [0, 0.05) is 18.2 Å². The van der Waals surface area contributed by atoms with Gasteiger partial charge in [0.2, 0.25) is 5.91 Å². The van der Waals surface area contributed by atoms with Gasteiger partial charge in [0.05, 0.1) is 0 Å². The third-order valence-corrected chi connectivity index (χ3v) is 4.64. The van der Waals surface area contributed by atoms with Crippen molar-refractivity contribution in [3.05, 3.63) is 3.95 Å². The number of unbranched alkanes of at least 4 members (excludes halogenated alkanes) is 1. The van der Waals surface area contributed by atoms with E-state index in [4.69, 9.17) is 12.2 Å². The first-order valence-corrected chi connectivity index (χ1v) is 7.80. The van der Waals surface area contributed by atoms with Crippen LogP contribution in [0.1, 0.15) is 26.7 Å². The number of nitrogens with one attached hydrogen (secondary N) is 2. The fourth-order valence-corrected chi connectivity index (χ4v) is 3.24. The molecular weight excluding hydrogens is 274 g/mol. The van der Waals surface area contributed by atoms with Crippen molar-refractivity contribution in [1.82, 2.24) is 15.5 Å². The van der Waals surface area contributed by atoms with Gasteiger partial charge >= 0.3 is 0 Å². The predicted octanol–water partition coefficient (Wildman–Crippen LogP) is 2.85. The number of aromatic nitrogens is 2. The molecule has 1 heterocycles. The van der Waals surface area contributed by atoms with Crippen molar-refractivity contribution in [2.45, 2.75) is 31.0 Å². The van der Waals surface area contributed by atoms with Crippen molar-refractivity contribution in [2.75, 3.05) is 12.3 Å². The third-order valence-electron chi connectivity index (χ3n) is 2.15. The molecule has 0 aliphatic rings. The summed E-state index contributed by atoms with van der Waals surface area (Å²) < 4.78 is 1.57. The van der Waals surface area contributed by atoms with E-state index in [1.807, 2.05) is 6.92 Å². The first kappa shape index (κ1) is 14.7. The van der Waals surface area contributed by atoms with Crippen molar-refractivity contribution < 1.29 is 4.79 Å². The Hall–Kier alpha value is -0.400. The Morgan fingerprint density at radius 3 is 3.06 bits per heavy atom. The predicted molar refractivity (Wildman–Crippen MR) is 75.1 cm³/mol. The van der Waals surface area contributed by atoms with Crippen molar-refractivity contribution >= 4 is 41.2 Å². The van der Waals surface area contributed by atoms with Gasteiger partial charge in [0.1, 0.15) is 0 Å². The summed E-state index contributed by atoms with van der Waals surface area (Å²) in [6.45, 7) is 4.81. The van der Waals surface area contributed by atoms with Crippen molar-refractivity contribution in [3.63, 3.8) is 0 Å². The van der Waals surface area contributed by atoms with Crippen molar-refractivity contribution in [1.29, 1.82) is 0 Å². The van der Waals surface area contributed by atoms with Crippen LogP contribution in [0.5, 0.6) is 0 Å². The Balaban J connectivity index is 2.26. The summed E-state index contributed by atoms with van der Waals surface area (Å²) in [4.78, 5) is 11.7. The number of carbonyl (C=O) groups excluding carboxylic acids is 1. The molecule has 2 N–H and O–H groups in total. The Kier molecular flexibility index (Phi) is 6.76. The Morgan fingerprint density at radius 2 is 2.47 bits per heavy atom. The van der Waals surface area contributed by atoms with Gasteiger partial charge in [-0.2, -0.15) is 5.10 Å². The molecule has 1 unspecified atom stereocenters. The zero-order valence-corrected chi connectivity index (χ0v) is 12.4. The second-order valence-corrected chi connectivity index (χ2v) is 6.67. The summed E-state index contributed by atoms with van der Waals surface area (Å²) in [6.07, 6.45) is 2.13. The summed E-state index contributed by atoms with van der Waals surface area (Å²) in [5.41, 5.74) is 0. The number of H-pyrrole nitrogens is 1. The standard InChI is InChI=1S/C10H17N3OS3/c1-3-4-5-11-8(14)7(2)6-16-10-13-12-9(15)17-10/h7H,3-6H2,1-2H3,(H,11,14)(H,12,15). The Bertz CT molecular complexity index is 402. The monoisotopic (exact) mass is 291 g/mol. The smallest absolute Gasteiger partial charge is 0.223 e. The molecule has 7 heteroatoms. The first-order chi connectivity index (χ1) is 8.13. The summed E-state index contributed by atoms with van der Waals surface area (Å²) in [6, 6.07) is 0. The summed E-state index contributed by atoms with van der Waals surface area (Å²) >= 11 is 7.95. The highest BCUT2D eigenvalue weighted by atomic mass is 32.2. The molecule has 17 heavy (non-hydrogen) atoms. The number of hydrogen-bond donors (Lipinski definition) is 2. The maximum atomic E-state index is 11.7. The number of carbonyl (C=O) groups is 1. The van der Waals surface area contributed by atoms with E-state index in [2.05, 4.69) is 22.4 Å². The Labute approximate surface area is 115 Å². The van der Waals surface area contributed by atoms with E-state index in [0.717, 1.165) is 29.5 Å². The molecule has 0 saturated heterocycles. The molecule has 96 valence electrons. The van der Waals surface area contributed by atoms with Crippen LogP contribution in [-0.4, -0.2) is 28.4 Å². The normalized spacial score (nSPS) is 12.4. The summed E-state index contributed by atoms with van der Waals surface area (Å²) in [7, 11) is 0. The minimum Gasteiger partial charge on any atom is -0.356 e. The van der Waals surface area contributed by atoms with Crippen LogP contribution in [0.4, 0.5) is 0 Å². The van der Waals surface area contributed by atoms with Crippen LogP contribution >= 0.6 is 35.3 Å². The van der Waals surface area contributed by atoms with Gasteiger partial charge in [0.25, 0.3) is 0 Å². The lowest BCUT2D eigenvalue weighted by Gasteiger charge is -2.10.